The number of rotatable bonds is 3. The lowest BCUT2D eigenvalue weighted by Gasteiger charge is -2.39. The van der Waals surface area contributed by atoms with E-state index in [4.69, 9.17) is 0 Å². The number of pyridine rings is 1. The Bertz CT molecular complexity index is 899. The summed E-state index contributed by atoms with van der Waals surface area (Å²) in [5, 5.41) is 1.08. The Kier molecular flexibility index (Phi) is 3.92. The van der Waals surface area contributed by atoms with E-state index < -0.39 is 0 Å². The summed E-state index contributed by atoms with van der Waals surface area (Å²) >= 11 is 0. The molecule has 3 aromatic rings. The van der Waals surface area contributed by atoms with Crippen molar-refractivity contribution in [1.29, 1.82) is 0 Å². The summed E-state index contributed by atoms with van der Waals surface area (Å²) in [6, 6.07) is 14.2. The van der Waals surface area contributed by atoms with Crippen molar-refractivity contribution in [2.75, 3.05) is 18.0 Å². The number of aromatic amines is 1. The van der Waals surface area contributed by atoms with Gasteiger partial charge >= 0.3 is 0 Å². The first-order valence-corrected chi connectivity index (χ1v) is 8.67. The largest absolute Gasteiger partial charge is 0.346 e. The molecule has 0 radical (unpaired) electrons. The van der Waals surface area contributed by atoms with Gasteiger partial charge in [-0.25, -0.2) is 4.98 Å². The van der Waals surface area contributed by atoms with Crippen LogP contribution in [0.5, 0.6) is 0 Å². The summed E-state index contributed by atoms with van der Waals surface area (Å²) in [5.74, 6) is 1.01. The van der Waals surface area contributed by atoms with Crippen molar-refractivity contribution < 1.29 is 4.79 Å². The van der Waals surface area contributed by atoms with Crippen LogP contribution in [0.4, 0.5) is 5.82 Å². The Hall–Kier alpha value is -2.82. The fourth-order valence-electron chi connectivity index (χ4n) is 3.39. The maximum atomic E-state index is 12.8. The Balaban J connectivity index is 1.51. The number of hydrogen-bond acceptors (Lipinski definition) is 3. The van der Waals surface area contributed by atoms with Gasteiger partial charge in [0.2, 0.25) is 5.91 Å². The number of carbonyl (C=O) groups is 1. The number of piperazine rings is 1. The number of H-pyrrole nitrogens is 1. The van der Waals surface area contributed by atoms with E-state index in [9.17, 15) is 4.79 Å². The van der Waals surface area contributed by atoms with Crippen LogP contribution in [0.2, 0.25) is 0 Å². The molecule has 128 valence electrons. The molecule has 1 aromatic carbocycles. The number of aryl methyl sites for hydroxylation is 1. The van der Waals surface area contributed by atoms with Crippen molar-refractivity contribution >= 4 is 22.8 Å². The monoisotopic (exact) mass is 334 g/mol. The zero-order valence-electron chi connectivity index (χ0n) is 14.6. The number of benzene rings is 1. The van der Waals surface area contributed by atoms with Crippen LogP contribution in [-0.4, -0.2) is 39.9 Å². The molecule has 0 saturated carbocycles. The molecular weight excluding hydrogens is 312 g/mol. The van der Waals surface area contributed by atoms with Gasteiger partial charge in [-0.3, -0.25) is 4.79 Å². The molecular formula is C20H22N4O. The Morgan fingerprint density at radius 3 is 2.72 bits per heavy atom. The highest BCUT2D eigenvalue weighted by atomic mass is 16.2. The van der Waals surface area contributed by atoms with Gasteiger partial charge < -0.3 is 14.8 Å². The van der Waals surface area contributed by atoms with Crippen molar-refractivity contribution in [3.63, 3.8) is 0 Å². The van der Waals surface area contributed by atoms with Crippen molar-refractivity contribution in [3.8, 4) is 0 Å². The molecule has 2 aromatic heterocycles. The zero-order valence-corrected chi connectivity index (χ0v) is 14.6. The molecule has 1 fully saturated rings. The number of aromatic nitrogens is 2. The van der Waals surface area contributed by atoms with Gasteiger partial charge in [0.15, 0.2) is 0 Å². The second kappa shape index (κ2) is 6.24. The van der Waals surface area contributed by atoms with Crippen molar-refractivity contribution in [1.82, 2.24) is 14.9 Å². The molecule has 0 bridgehead atoms. The average Bonchev–Trinajstić information content (AvgIpc) is 3.09. The predicted octanol–water partition coefficient (Wildman–Crippen LogP) is 3.11. The molecule has 1 N–H and O–H groups in total. The lowest BCUT2D eigenvalue weighted by Crippen LogP contribution is -2.55. The third kappa shape index (κ3) is 2.97. The summed E-state index contributed by atoms with van der Waals surface area (Å²) in [7, 11) is 0. The smallest absolute Gasteiger partial charge is 0.245 e. The highest BCUT2D eigenvalue weighted by molar-refractivity contribution is 5.86. The molecule has 25 heavy (non-hydrogen) atoms. The summed E-state index contributed by atoms with van der Waals surface area (Å²) in [6.07, 6.45) is 1.88. The molecule has 1 aliphatic heterocycles. The molecule has 5 heteroatoms. The first-order chi connectivity index (χ1) is 12.1. The number of nitrogens with one attached hydrogen (secondary N) is 1. The number of amides is 1. The predicted molar refractivity (Wildman–Crippen MR) is 99.5 cm³/mol. The third-order valence-corrected chi connectivity index (χ3v) is 4.93. The highest BCUT2D eigenvalue weighted by Crippen LogP contribution is 2.23. The molecule has 0 aliphatic carbocycles. The average molecular weight is 334 g/mol. The van der Waals surface area contributed by atoms with E-state index in [1.165, 1.54) is 11.1 Å². The number of anilines is 1. The van der Waals surface area contributed by atoms with Crippen LogP contribution in [0, 0.1) is 6.92 Å². The van der Waals surface area contributed by atoms with Gasteiger partial charge in [0.1, 0.15) is 17.5 Å². The minimum absolute atomic E-state index is 0.153. The summed E-state index contributed by atoms with van der Waals surface area (Å²) in [6.45, 7) is 6.20. The topological polar surface area (TPSA) is 52.2 Å². The second-order valence-electron chi connectivity index (χ2n) is 6.70. The van der Waals surface area contributed by atoms with Crippen LogP contribution >= 0.6 is 0 Å². The van der Waals surface area contributed by atoms with Crippen LogP contribution in [0.3, 0.4) is 0 Å². The van der Waals surface area contributed by atoms with E-state index in [0.29, 0.717) is 13.1 Å². The normalized spacial score (nSPS) is 18.2. The Labute approximate surface area is 147 Å². The van der Waals surface area contributed by atoms with Gasteiger partial charge in [0, 0.05) is 31.2 Å². The fraction of sp³-hybridized carbons (Fsp3) is 0.300. The van der Waals surface area contributed by atoms with E-state index in [0.717, 1.165) is 23.4 Å². The third-order valence-electron chi connectivity index (χ3n) is 4.93. The first kappa shape index (κ1) is 15.7. The summed E-state index contributed by atoms with van der Waals surface area (Å²) < 4.78 is 0. The first-order valence-electron chi connectivity index (χ1n) is 8.67. The van der Waals surface area contributed by atoms with E-state index in [1.54, 1.807) is 0 Å². The van der Waals surface area contributed by atoms with Gasteiger partial charge in [-0.2, -0.15) is 0 Å². The van der Waals surface area contributed by atoms with Gasteiger partial charge in [0.05, 0.1) is 0 Å². The van der Waals surface area contributed by atoms with Crippen LogP contribution < -0.4 is 4.90 Å². The molecule has 4 rings (SSSR count). The van der Waals surface area contributed by atoms with Crippen molar-refractivity contribution in [3.05, 3.63) is 59.8 Å². The van der Waals surface area contributed by atoms with Crippen LogP contribution in [0.15, 0.2) is 48.7 Å². The number of fused-ring (bicyclic) bond motifs is 1. The molecule has 5 nitrogen and oxygen atoms in total. The SMILES string of the molecule is Cc1ccc(CN2CCN(c3ccc4cc[nH]c4n3)[C@@H](C)C2=O)cc1. The lowest BCUT2D eigenvalue weighted by molar-refractivity contribution is -0.134. The lowest BCUT2D eigenvalue weighted by atomic mass is 10.1. The van der Waals surface area contributed by atoms with E-state index in [1.807, 2.05) is 36.2 Å². The number of nitrogens with zero attached hydrogens (tertiary/aromatic N) is 3. The number of carbonyl (C=O) groups excluding carboxylic acids is 1. The molecule has 1 aliphatic rings. The van der Waals surface area contributed by atoms with E-state index >= 15 is 0 Å². The molecule has 0 unspecified atom stereocenters. The molecule has 1 atom stereocenters. The molecule has 0 spiro atoms. The zero-order chi connectivity index (χ0) is 17.4. The summed E-state index contributed by atoms with van der Waals surface area (Å²) in [4.78, 5) is 24.7. The van der Waals surface area contributed by atoms with Crippen molar-refractivity contribution in [2.45, 2.75) is 26.4 Å². The maximum absolute atomic E-state index is 12.8. The van der Waals surface area contributed by atoms with Gasteiger partial charge in [-0.1, -0.05) is 29.8 Å². The Morgan fingerprint density at radius 1 is 1.12 bits per heavy atom. The van der Waals surface area contributed by atoms with Crippen LogP contribution in [0.25, 0.3) is 11.0 Å². The minimum atomic E-state index is -0.209. The van der Waals surface area contributed by atoms with Crippen LogP contribution in [0.1, 0.15) is 18.1 Å². The van der Waals surface area contributed by atoms with Gasteiger partial charge in [0.25, 0.3) is 0 Å². The Morgan fingerprint density at radius 2 is 1.92 bits per heavy atom. The number of hydrogen-bond donors (Lipinski definition) is 1. The summed E-state index contributed by atoms with van der Waals surface area (Å²) in [5.41, 5.74) is 3.27. The van der Waals surface area contributed by atoms with Crippen molar-refractivity contribution in [2.24, 2.45) is 0 Å². The molecule has 1 amide bonds. The van der Waals surface area contributed by atoms with Gasteiger partial charge in [-0.15, -0.1) is 0 Å². The maximum Gasteiger partial charge on any atom is 0.245 e. The van der Waals surface area contributed by atoms with E-state index in [2.05, 4.69) is 46.1 Å². The minimum Gasteiger partial charge on any atom is -0.346 e. The van der Waals surface area contributed by atoms with Gasteiger partial charge in [-0.05, 0) is 37.6 Å². The van der Waals surface area contributed by atoms with Crippen LogP contribution in [-0.2, 0) is 11.3 Å². The fourth-order valence-corrected chi connectivity index (χ4v) is 3.39. The van der Waals surface area contributed by atoms with E-state index in [-0.39, 0.29) is 11.9 Å². The molecule has 1 saturated heterocycles. The molecule has 3 heterocycles. The standard InChI is InChI=1S/C20H22N4O/c1-14-3-5-16(6-4-14)13-23-11-12-24(15(2)20(23)25)18-8-7-17-9-10-21-19(17)22-18/h3-10,15H,11-13H2,1-2H3,(H,21,22)/t15-/m0/s1. The quantitative estimate of drug-likeness (QED) is 0.801. The highest BCUT2D eigenvalue weighted by Gasteiger charge is 2.32. The second-order valence-corrected chi connectivity index (χ2v) is 6.70.